The third-order valence-electron chi connectivity index (χ3n) is 3.57. The van der Waals surface area contributed by atoms with Gasteiger partial charge in [0, 0.05) is 38.3 Å². The van der Waals surface area contributed by atoms with Crippen LogP contribution in [0.1, 0.15) is 27.7 Å². The summed E-state index contributed by atoms with van der Waals surface area (Å²) in [5.41, 5.74) is -0.877. The Labute approximate surface area is 110 Å². The van der Waals surface area contributed by atoms with Crippen LogP contribution in [0.25, 0.3) is 0 Å². The van der Waals surface area contributed by atoms with Crippen molar-refractivity contribution in [2.24, 2.45) is 0 Å². The van der Waals surface area contributed by atoms with Crippen LogP contribution in [0, 0.1) is 0 Å². The lowest BCUT2D eigenvalue weighted by atomic mass is 9.99. The van der Waals surface area contributed by atoms with Gasteiger partial charge in [-0.05, 0) is 34.7 Å². The van der Waals surface area contributed by atoms with Gasteiger partial charge >= 0.3 is 5.97 Å². The van der Waals surface area contributed by atoms with Crippen molar-refractivity contribution < 1.29 is 9.90 Å². The van der Waals surface area contributed by atoms with Crippen LogP contribution < -0.4 is 5.32 Å². The molecule has 2 N–H and O–H groups in total. The molecule has 0 aromatic carbocycles. The van der Waals surface area contributed by atoms with E-state index in [2.05, 4.69) is 29.1 Å². The minimum absolute atomic E-state index is 0.161. The van der Waals surface area contributed by atoms with Gasteiger partial charge in [-0.25, -0.2) is 0 Å². The number of carboxylic acids is 1. The standard InChI is InChI=1S/C13H27N3O2/c1-10(2)14-13(4,12(17)18)9-16-7-6-15(5)8-11(16)3/h10-11,14H,6-9H2,1-5H3,(H,17,18). The quantitative estimate of drug-likeness (QED) is 0.749. The highest BCUT2D eigenvalue weighted by Gasteiger charge is 2.37. The average Bonchev–Trinajstić information content (AvgIpc) is 2.21. The summed E-state index contributed by atoms with van der Waals surface area (Å²) in [5.74, 6) is -0.776. The summed E-state index contributed by atoms with van der Waals surface area (Å²) in [5, 5.41) is 12.6. The summed E-state index contributed by atoms with van der Waals surface area (Å²) in [6.45, 7) is 11.4. The highest BCUT2D eigenvalue weighted by molar-refractivity contribution is 5.78. The summed E-state index contributed by atoms with van der Waals surface area (Å²) in [7, 11) is 2.11. The smallest absolute Gasteiger partial charge is 0.324 e. The molecule has 2 unspecified atom stereocenters. The molecule has 0 amide bonds. The van der Waals surface area contributed by atoms with Gasteiger partial charge in [0.25, 0.3) is 0 Å². The second-order valence-corrected chi connectivity index (χ2v) is 6.02. The van der Waals surface area contributed by atoms with Crippen LogP contribution in [0.4, 0.5) is 0 Å². The predicted octanol–water partition coefficient (Wildman–Crippen LogP) is 0.464. The van der Waals surface area contributed by atoms with Crippen molar-refractivity contribution in [3.63, 3.8) is 0 Å². The molecule has 106 valence electrons. The van der Waals surface area contributed by atoms with Crippen LogP contribution in [0.15, 0.2) is 0 Å². The highest BCUT2D eigenvalue weighted by atomic mass is 16.4. The molecule has 0 aliphatic carbocycles. The van der Waals surface area contributed by atoms with Gasteiger partial charge in [-0.2, -0.15) is 0 Å². The number of rotatable bonds is 5. The van der Waals surface area contributed by atoms with E-state index < -0.39 is 11.5 Å². The van der Waals surface area contributed by atoms with E-state index in [0.717, 1.165) is 19.6 Å². The molecular formula is C13H27N3O2. The Kier molecular flexibility index (Phi) is 5.13. The summed E-state index contributed by atoms with van der Waals surface area (Å²) in [4.78, 5) is 16.1. The molecule has 1 aliphatic heterocycles. The molecule has 0 radical (unpaired) electrons. The molecule has 2 atom stereocenters. The minimum atomic E-state index is -0.877. The Morgan fingerprint density at radius 1 is 1.50 bits per heavy atom. The molecule has 0 aromatic rings. The van der Waals surface area contributed by atoms with Crippen molar-refractivity contribution in [3.8, 4) is 0 Å². The van der Waals surface area contributed by atoms with Crippen LogP contribution in [-0.2, 0) is 4.79 Å². The van der Waals surface area contributed by atoms with E-state index in [-0.39, 0.29) is 6.04 Å². The SMILES string of the molecule is CC(C)NC(C)(CN1CCN(C)CC1C)C(=O)O. The molecule has 1 heterocycles. The maximum atomic E-state index is 11.5. The molecule has 1 aliphatic rings. The second-order valence-electron chi connectivity index (χ2n) is 6.02. The Hall–Kier alpha value is -0.650. The maximum Gasteiger partial charge on any atom is 0.324 e. The van der Waals surface area contributed by atoms with E-state index in [0.29, 0.717) is 12.6 Å². The zero-order valence-corrected chi connectivity index (χ0v) is 12.2. The first-order valence-electron chi connectivity index (χ1n) is 6.68. The van der Waals surface area contributed by atoms with Crippen molar-refractivity contribution >= 4 is 5.97 Å². The molecule has 0 bridgehead atoms. The minimum Gasteiger partial charge on any atom is -0.480 e. The molecule has 1 fully saturated rings. The third kappa shape index (κ3) is 3.93. The Morgan fingerprint density at radius 3 is 2.56 bits per heavy atom. The Balaban J connectivity index is 2.69. The Bertz CT molecular complexity index is 296. The molecule has 5 nitrogen and oxygen atoms in total. The highest BCUT2D eigenvalue weighted by Crippen LogP contribution is 2.14. The number of hydrogen-bond donors (Lipinski definition) is 2. The maximum absolute atomic E-state index is 11.5. The number of hydrogen-bond acceptors (Lipinski definition) is 4. The van der Waals surface area contributed by atoms with Gasteiger partial charge in [0.2, 0.25) is 0 Å². The van der Waals surface area contributed by atoms with Gasteiger partial charge in [-0.1, -0.05) is 0 Å². The first-order chi connectivity index (χ1) is 8.24. The summed E-state index contributed by atoms with van der Waals surface area (Å²) in [6.07, 6.45) is 0. The van der Waals surface area contributed by atoms with Crippen LogP contribution in [0.2, 0.25) is 0 Å². The number of aliphatic carboxylic acids is 1. The van der Waals surface area contributed by atoms with E-state index in [4.69, 9.17) is 0 Å². The zero-order chi connectivity index (χ0) is 13.9. The summed E-state index contributed by atoms with van der Waals surface area (Å²) < 4.78 is 0. The monoisotopic (exact) mass is 257 g/mol. The molecule has 0 aromatic heterocycles. The van der Waals surface area contributed by atoms with Gasteiger partial charge in [0.05, 0.1) is 0 Å². The number of carboxylic acid groups (broad SMARTS) is 1. The van der Waals surface area contributed by atoms with E-state index in [1.807, 2.05) is 13.8 Å². The third-order valence-corrected chi connectivity index (χ3v) is 3.57. The predicted molar refractivity (Wildman–Crippen MR) is 72.8 cm³/mol. The topological polar surface area (TPSA) is 55.8 Å². The number of piperazine rings is 1. The fourth-order valence-corrected chi connectivity index (χ4v) is 2.63. The van der Waals surface area contributed by atoms with Gasteiger partial charge < -0.3 is 10.0 Å². The number of likely N-dealkylation sites (N-methyl/N-ethyl adjacent to an activating group) is 1. The van der Waals surface area contributed by atoms with E-state index in [1.54, 1.807) is 6.92 Å². The van der Waals surface area contributed by atoms with Gasteiger partial charge in [-0.15, -0.1) is 0 Å². The van der Waals surface area contributed by atoms with Crippen molar-refractivity contribution in [1.29, 1.82) is 0 Å². The van der Waals surface area contributed by atoms with Crippen molar-refractivity contribution in [3.05, 3.63) is 0 Å². The molecule has 18 heavy (non-hydrogen) atoms. The molecular weight excluding hydrogens is 230 g/mol. The lowest BCUT2D eigenvalue weighted by Crippen LogP contribution is -2.62. The summed E-state index contributed by atoms with van der Waals surface area (Å²) in [6, 6.07) is 0.560. The van der Waals surface area contributed by atoms with Crippen LogP contribution in [0.5, 0.6) is 0 Å². The average molecular weight is 257 g/mol. The molecule has 1 rings (SSSR count). The van der Waals surface area contributed by atoms with E-state index in [9.17, 15) is 9.90 Å². The number of nitrogens with one attached hydrogen (secondary N) is 1. The molecule has 0 spiro atoms. The normalized spacial score (nSPS) is 26.2. The second kappa shape index (κ2) is 5.99. The van der Waals surface area contributed by atoms with Gasteiger partial charge in [0.15, 0.2) is 0 Å². The summed E-state index contributed by atoms with van der Waals surface area (Å²) >= 11 is 0. The largest absolute Gasteiger partial charge is 0.480 e. The number of nitrogens with zero attached hydrogens (tertiary/aromatic N) is 2. The van der Waals surface area contributed by atoms with Crippen molar-refractivity contribution in [2.75, 3.05) is 33.2 Å². The molecule has 0 saturated carbocycles. The van der Waals surface area contributed by atoms with E-state index >= 15 is 0 Å². The Morgan fingerprint density at radius 2 is 2.11 bits per heavy atom. The fourth-order valence-electron chi connectivity index (χ4n) is 2.63. The van der Waals surface area contributed by atoms with Crippen molar-refractivity contribution in [2.45, 2.75) is 45.3 Å². The first-order valence-corrected chi connectivity index (χ1v) is 6.68. The fraction of sp³-hybridized carbons (Fsp3) is 0.923. The lowest BCUT2D eigenvalue weighted by molar-refractivity contribution is -0.145. The molecule has 5 heteroatoms. The zero-order valence-electron chi connectivity index (χ0n) is 12.2. The van der Waals surface area contributed by atoms with Crippen LogP contribution in [-0.4, -0.2) is 71.7 Å². The van der Waals surface area contributed by atoms with Gasteiger partial charge in [0.1, 0.15) is 5.54 Å². The van der Waals surface area contributed by atoms with Crippen LogP contribution >= 0.6 is 0 Å². The first kappa shape index (κ1) is 15.4. The van der Waals surface area contributed by atoms with E-state index in [1.165, 1.54) is 0 Å². The van der Waals surface area contributed by atoms with Crippen molar-refractivity contribution in [1.82, 2.24) is 15.1 Å². The molecule has 1 saturated heterocycles. The van der Waals surface area contributed by atoms with Crippen LogP contribution in [0.3, 0.4) is 0 Å². The van der Waals surface area contributed by atoms with Gasteiger partial charge in [-0.3, -0.25) is 15.0 Å². The lowest BCUT2D eigenvalue weighted by Gasteiger charge is -2.42. The number of carbonyl (C=O) groups is 1.